The highest BCUT2D eigenvalue weighted by molar-refractivity contribution is 6.09. The summed E-state index contributed by atoms with van der Waals surface area (Å²) in [5, 5.41) is 6.33. The van der Waals surface area contributed by atoms with Crippen molar-refractivity contribution in [1.82, 2.24) is 19.3 Å². The van der Waals surface area contributed by atoms with Crippen LogP contribution in [0.25, 0.3) is 44.4 Å². The van der Waals surface area contributed by atoms with Crippen LogP contribution < -0.4 is 4.74 Å². The molecule has 0 aliphatic heterocycles. The summed E-state index contributed by atoms with van der Waals surface area (Å²) in [5.74, 6) is 0.855. The summed E-state index contributed by atoms with van der Waals surface area (Å²) in [6.07, 6.45) is 1.42. The van der Waals surface area contributed by atoms with Crippen molar-refractivity contribution in [3.05, 3.63) is 132 Å². The fourth-order valence-corrected chi connectivity index (χ4v) is 5.53. The third-order valence-electron chi connectivity index (χ3n) is 7.29. The Labute approximate surface area is 234 Å². The predicted molar refractivity (Wildman–Crippen MR) is 157 cm³/mol. The zero-order valence-corrected chi connectivity index (χ0v) is 22.3. The average Bonchev–Trinajstić information content (AvgIpc) is 3.46. The van der Waals surface area contributed by atoms with Crippen LogP contribution in [0.2, 0.25) is 0 Å². The summed E-state index contributed by atoms with van der Waals surface area (Å²) in [6, 6.07) is 30.8. The Bertz CT molecular complexity index is 2080. The quantitative estimate of drug-likeness (QED) is 0.219. The van der Waals surface area contributed by atoms with Crippen LogP contribution in [0.15, 0.2) is 109 Å². The van der Waals surface area contributed by atoms with E-state index in [-0.39, 0.29) is 5.82 Å². The first-order valence-corrected chi connectivity index (χ1v) is 13.2. The highest BCUT2D eigenvalue weighted by atomic mass is 19.1. The molecule has 0 saturated carbocycles. The van der Waals surface area contributed by atoms with E-state index >= 15 is 0 Å². The van der Waals surface area contributed by atoms with Crippen LogP contribution >= 0.6 is 0 Å². The van der Waals surface area contributed by atoms with Crippen molar-refractivity contribution < 1.29 is 13.5 Å². The largest absolute Gasteiger partial charge is 0.457 e. The van der Waals surface area contributed by atoms with Crippen LogP contribution in [0.3, 0.4) is 0 Å². The summed E-state index contributed by atoms with van der Waals surface area (Å²) < 4.78 is 38.5. The lowest BCUT2D eigenvalue weighted by atomic mass is 10.0. The molecule has 3 heterocycles. The highest BCUT2D eigenvalue weighted by Crippen LogP contribution is 2.36. The monoisotopic (exact) mass is 542 g/mol. The molecule has 5 nitrogen and oxygen atoms in total. The number of benzene rings is 4. The lowest BCUT2D eigenvalue weighted by Crippen LogP contribution is -1.99. The Morgan fingerprint density at radius 1 is 0.683 bits per heavy atom. The van der Waals surface area contributed by atoms with Gasteiger partial charge in [-0.05, 0) is 67.9 Å². The molecule has 41 heavy (non-hydrogen) atoms. The molecule has 0 bridgehead atoms. The molecular formula is C34H24F2N4O. The lowest BCUT2D eigenvalue weighted by molar-refractivity contribution is 0.482. The number of ether oxygens (including phenoxy) is 1. The molecule has 200 valence electrons. The number of aryl methyl sites for hydroxylation is 1. The number of halogens is 2. The van der Waals surface area contributed by atoms with Crippen LogP contribution in [0.1, 0.15) is 11.4 Å². The molecule has 0 N–H and O–H groups in total. The van der Waals surface area contributed by atoms with E-state index in [2.05, 4.69) is 24.0 Å². The van der Waals surface area contributed by atoms with Crippen molar-refractivity contribution >= 4 is 21.8 Å². The minimum Gasteiger partial charge on any atom is -0.457 e. The maximum absolute atomic E-state index is 14.2. The van der Waals surface area contributed by atoms with Crippen molar-refractivity contribution in [3.63, 3.8) is 0 Å². The molecule has 0 amide bonds. The maximum Gasteiger partial charge on any atom is 0.140 e. The van der Waals surface area contributed by atoms with E-state index < -0.39 is 5.82 Å². The molecule has 0 radical (unpaired) electrons. The highest BCUT2D eigenvalue weighted by Gasteiger charge is 2.17. The molecule has 0 fully saturated rings. The molecule has 4 aromatic carbocycles. The summed E-state index contributed by atoms with van der Waals surface area (Å²) in [7, 11) is 0. The summed E-state index contributed by atoms with van der Waals surface area (Å²) in [6.45, 7) is 4.08. The van der Waals surface area contributed by atoms with Gasteiger partial charge < -0.3 is 4.74 Å². The van der Waals surface area contributed by atoms with Gasteiger partial charge in [0.15, 0.2) is 0 Å². The van der Waals surface area contributed by atoms with Gasteiger partial charge in [-0.3, -0.25) is 4.57 Å². The Balaban J connectivity index is 1.30. The van der Waals surface area contributed by atoms with Gasteiger partial charge in [0.25, 0.3) is 0 Å². The lowest BCUT2D eigenvalue weighted by Gasteiger charge is -2.11. The second-order valence-corrected chi connectivity index (χ2v) is 9.93. The van der Waals surface area contributed by atoms with Crippen molar-refractivity contribution in [2.24, 2.45) is 0 Å². The summed E-state index contributed by atoms with van der Waals surface area (Å²) >= 11 is 0. The van der Waals surface area contributed by atoms with Gasteiger partial charge in [0.2, 0.25) is 0 Å². The van der Waals surface area contributed by atoms with E-state index in [9.17, 15) is 8.78 Å². The number of fused-ring (bicyclic) bond motifs is 3. The van der Waals surface area contributed by atoms with E-state index in [1.54, 1.807) is 6.07 Å². The van der Waals surface area contributed by atoms with Gasteiger partial charge in [-0.2, -0.15) is 5.10 Å². The Hall–Kier alpha value is -5.30. The van der Waals surface area contributed by atoms with Crippen molar-refractivity contribution in [3.8, 4) is 34.1 Å². The van der Waals surface area contributed by atoms with Gasteiger partial charge in [0.05, 0.1) is 22.4 Å². The van der Waals surface area contributed by atoms with Crippen LogP contribution in [-0.4, -0.2) is 19.3 Å². The molecule has 0 atom stereocenters. The fraction of sp³-hybridized carbons (Fsp3) is 0.0588. The first kappa shape index (κ1) is 24.7. The molecule has 7 aromatic rings. The van der Waals surface area contributed by atoms with E-state index in [1.165, 1.54) is 30.5 Å². The number of rotatable bonds is 5. The minimum atomic E-state index is -0.407. The third-order valence-corrected chi connectivity index (χ3v) is 7.29. The van der Waals surface area contributed by atoms with Gasteiger partial charge in [0.1, 0.15) is 29.0 Å². The van der Waals surface area contributed by atoms with Gasteiger partial charge in [-0.15, -0.1) is 0 Å². The summed E-state index contributed by atoms with van der Waals surface area (Å²) in [5.41, 5.74) is 6.53. The molecule has 0 spiro atoms. The van der Waals surface area contributed by atoms with Gasteiger partial charge in [-0.25, -0.2) is 18.4 Å². The first-order chi connectivity index (χ1) is 20.0. The van der Waals surface area contributed by atoms with Crippen LogP contribution in [-0.2, 0) is 0 Å². The summed E-state index contributed by atoms with van der Waals surface area (Å²) in [4.78, 5) is 4.38. The first-order valence-electron chi connectivity index (χ1n) is 13.2. The smallest absolute Gasteiger partial charge is 0.140 e. The van der Waals surface area contributed by atoms with Crippen LogP contribution in [0.5, 0.6) is 11.5 Å². The number of nitrogens with zero attached hydrogens (tertiary/aromatic N) is 4. The van der Waals surface area contributed by atoms with E-state index in [4.69, 9.17) is 9.84 Å². The predicted octanol–water partition coefficient (Wildman–Crippen LogP) is 8.72. The number of pyridine rings is 1. The van der Waals surface area contributed by atoms with E-state index in [0.717, 1.165) is 44.6 Å². The minimum absolute atomic E-state index is 0.347. The van der Waals surface area contributed by atoms with Gasteiger partial charge >= 0.3 is 0 Å². The molecule has 0 unspecified atom stereocenters. The second-order valence-electron chi connectivity index (χ2n) is 9.93. The van der Waals surface area contributed by atoms with E-state index in [1.807, 2.05) is 76.8 Å². The Morgan fingerprint density at radius 2 is 1.49 bits per heavy atom. The van der Waals surface area contributed by atoms with Crippen molar-refractivity contribution in [1.29, 1.82) is 0 Å². The molecule has 3 aromatic heterocycles. The molecule has 7 heteroatoms. The van der Waals surface area contributed by atoms with Crippen LogP contribution in [0.4, 0.5) is 8.78 Å². The standard InChI is InChI=1S/C34H24F2N4O/c1-21-34(23-7-4-3-5-8-23)22(2)40(38-21)26-9-6-10-27(19-26)41-28-12-13-29-30-17-24(35)11-14-31(30)39(32(29)20-28)33-18-25(36)15-16-37-33/h3-20H,1-2H3. The third kappa shape index (κ3) is 4.32. The molecule has 0 saturated heterocycles. The van der Waals surface area contributed by atoms with E-state index in [0.29, 0.717) is 22.7 Å². The molecule has 7 rings (SSSR count). The molecule has 0 aliphatic rings. The van der Waals surface area contributed by atoms with Crippen molar-refractivity contribution in [2.45, 2.75) is 13.8 Å². The number of hydrogen-bond acceptors (Lipinski definition) is 3. The average molecular weight is 543 g/mol. The Kier molecular flexibility index (Phi) is 5.86. The zero-order chi connectivity index (χ0) is 28.1. The van der Waals surface area contributed by atoms with Gasteiger partial charge in [0, 0.05) is 46.4 Å². The van der Waals surface area contributed by atoms with Crippen molar-refractivity contribution in [2.75, 3.05) is 0 Å². The second kappa shape index (κ2) is 9.71. The van der Waals surface area contributed by atoms with Gasteiger partial charge in [-0.1, -0.05) is 36.4 Å². The Morgan fingerprint density at radius 3 is 2.32 bits per heavy atom. The zero-order valence-electron chi connectivity index (χ0n) is 22.3. The fourth-order valence-electron chi connectivity index (χ4n) is 5.53. The topological polar surface area (TPSA) is 44.9 Å². The SMILES string of the molecule is Cc1nn(-c2cccc(Oc3ccc4c5cc(F)ccc5n(-c5cc(F)ccn5)c4c3)c2)c(C)c1-c1ccccc1. The maximum atomic E-state index is 14.2. The van der Waals surface area contributed by atoms with Crippen LogP contribution in [0, 0.1) is 25.5 Å². The molecular weight excluding hydrogens is 518 g/mol. The normalized spacial score (nSPS) is 11.4. The number of aromatic nitrogens is 4. The number of hydrogen-bond donors (Lipinski definition) is 0. The molecule has 0 aliphatic carbocycles.